The number of rotatable bonds is 5. The minimum atomic E-state index is -3.70. The number of amides is 1. The topological polar surface area (TPSA) is 69.7 Å². The van der Waals surface area contributed by atoms with Gasteiger partial charge in [-0.2, -0.15) is 4.31 Å². The molecule has 1 amide bonds. The van der Waals surface area contributed by atoms with Gasteiger partial charge in [-0.15, -0.1) is 0 Å². The predicted octanol–water partition coefficient (Wildman–Crippen LogP) is 1.17. The molecule has 0 unspecified atom stereocenters. The van der Waals surface area contributed by atoms with E-state index in [0.717, 1.165) is 30.2 Å². The van der Waals surface area contributed by atoms with Gasteiger partial charge in [-0.1, -0.05) is 11.6 Å². The Morgan fingerprint density at radius 2 is 1.78 bits per heavy atom. The third-order valence-corrected chi connectivity index (χ3v) is 6.20. The molecule has 2 rings (SSSR count). The van der Waals surface area contributed by atoms with Crippen molar-refractivity contribution in [2.24, 2.45) is 0 Å². The molecule has 0 aromatic heterocycles. The van der Waals surface area contributed by atoms with E-state index >= 15 is 0 Å². The zero-order chi connectivity index (χ0) is 17.0. The van der Waals surface area contributed by atoms with Crippen LogP contribution in [0.3, 0.4) is 0 Å². The maximum absolute atomic E-state index is 12.5. The number of piperidine rings is 1. The molecule has 1 aliphatic heterocycles. The van der Waals surface area contributed by atoms with Crippen molar-refractivity contribution >= 4 is 27.5 Å². The minimum Gasteiger partial charge on any atom is -0.342 e. The minimum absolute atomic E-state index is 0.127. The van der Waals surface area contributed by atoms with Crippen molar-refractivity contribution in [2.45, 2.75) is 23.8 Å². The van der Waals surface area contributed by atoms with Crippen molar-refractivity contribution in [3.05, 3.63) is 29.3 Å². The van der Waals surface area contributed by atoms with Gasteiger partial charge in [0.1, 0.15) is 0 Å². The van der Waals surface area contributed by atoms with Crippen LogP contribution in [0.5, 0.6) is 0 Å². The van der Waals surface area contributed by atoms with Crippen LogP contribution in [-0.2, 0) is 14.8 Å². The first-order valence-corrected chi connectivity index (χ1v) is 9.32. The van der Waals surface area contributed by atoms with Gasteiger partial charge in [-0.05, 0) is 50.2 Å². The molecular formula is C15H22ClN3O3S. The molecule has 23 heavy (non-hydrogen) atoms. The number of hydrogen-bond donors (Lipinski definition) is 1. The lowest BCUT2D eigenvalue weighted by Gasteiger charge is -2.32. The van der Waals surface area contributed by atoms with Gasteiger partial charge >= 0.3 is 0 Å². The molecule has 6 nitrogen and oxygen atoms in total. The van der Waals surface area contributed by atoms with Crippen LogP contribution in [0.2, 0.25) is 5.02 Å². The summed E-state index contributed by atoms with van der Waals surface area (Å²) in [4.78, 5) is 14.2. The third kappa shape index (κ3) is 4.44. The average Bonchev–Trinajstić information content (AvgIpc) is 2.55. The van der Waals surface area contributed by atoms with Crippen LogP contribution < -0.4 is 5.32 Å². The van der Waals surface area contributed by atoms with Crippen LogP contribution in [0.1, 0.15) is 12.8 Å². The predicted molar refractivity (Wildman–Crippen MR) is 89.9 cm³/mol. The molecule has 1 saturated heterocycles. The van der Waals surface area contributed by atoms with E-state index < -0.39 is 10.0 Å². The molecule has 0 atom stereocenters. The van der Waals surface area contributed by atoms with E-state index in [0.29, 0.717) is 5.02 Å². The second kappa shape index (κ2) is 7.61. The molecule has 0 bridgehead atoms. The van der Waals surface area contributed by atoms with Crippen molar-refractivity contribution in [1.82, 2.24) is 14.5 Å². The first kappa shape index (κ1) is 18.2. The molecular weight excluding hydrogens is 338 g/mol. The number of hydrogen-bond acceptors (Lipinski definition) is 4. The van der Waals surface area contributed by atoms with Crippen LogP contribution in [-0.4, -0.2) is 63.3 Å². The Labute approximate surface area is 142 Å². The standard InChI is InChI=1S/C15H22ClN3O3S/c1-18(23(21,22)14-5-3-12(16)4-6-14)11-15(20)19(2)13-7-9-17-10-8-13/h3-6,13,17H,7-11H2,1-2H3. The Bertz CT molecular complexity index is 642. The Morgan fingerprint density at radius 3 is 2.35 bits per heavy atom. The molecule has 1 fully saturated rings. The van der Waals surface area contributed by atoms with E-state index in [1.54, 1.807) is 11.9 Å². The van der Waals surface area contributed by atoms with Crippen LogP contribution in [0.4, 0.5) is 0 Å². The number of carbonyl (C=O) groups is 1. The number of halogens is 1. The van der Waals surface area contributed by atoms with Crippen LogP contribution in [0, 0.1) is 0 Å². The molecule has 128 valence electrons. The molecule has 0 spiro atoms. The van der Waals surface area contributed by atoms with E-state index in [1.165, 1.54) is 31.3 Å². The van der Waals surface area contributed by atoms with Gasteiger partial charge in [0.2, 0.25) is 15.9 Å². The van der Waals surface area contributed by atoms with E-state index in [1.807, 2.05) is 0 Å². The SMILES string of the molecule is CN(C(=O)CN(C)S(=O)(=O)c1ccc(Cl)cc1)C1CCNCC1. The zero-order valence-corrected chi connectivity index (χ0v) is 14.9. The molecule has 8 heteroatoms. The highest BCUT2D eigenvalue weighted by Gasteiger charge is 2.27. The second-order valence-electron chi connectivity index (χ2n) is 5.70. The van der Waals surface area contributed by atoms with Gasteiger partial charge in [-0.25, -0.2) is 8.42 Å². The maximum atomic E-state index is 12.5. The second-order valence-corrected chi connectivity index (χ2v) is 8.18. The lowest BCUT2D eigenvalue weighted by molar-refractivity contribution is -0.132. The van der Waals surface area contributed by atoms with Crippen molar-refractivity contribution in [3.63, 3.8) is 0 Å². The first-order chi connectivity index (χ1) is 10.8. The fourth-order valence-corrected chi connectivity index (χ4v) is 3.82. The van der Waals surface area contributed by atoms with Crippen LogP contribution in [0.15, 0.2) is 29.2 Å². The van der Waals surface area contributed by atoms with E-state index in [4.69, 9.17) is 11.6 Å². The Kier molecular flexibility index (Phi) is 6.02. The highest BCUT2D eigenvalue weighted by Crippen LogP contribution is 2.18. The molecule has 0 radical (unpaired) electrons. The molecule has 1 aromatic rings. The fraction of sp³-hybridized carbons (Fsp3) is 0.533. The summed E-state index contributed by atoms with van der Waals surface area (Å²) in [5.74, 6) is -0.197. The van der Waals surface area contributed by atoms with Gasteiger partial charge in [0, 0.05) is 25.2 Å². The maximum Gasteiger partial charge on any atom is 0.243 e. The van der Waals surface area contributed by atoms with Crippen molar-refractivity contribution in [2.75, 3.05) is 33.7 Å². The molecule has 0 saturated carbocycles. The summed E-state index contributed by atoms with van der Waals surface area (Å²) in [5, 5.41) is 3.71. The summed E-state index contributed by atoms with van der Waals surface area (Å²) in [7, 11) is -0.548. The van der Waals surface area contributed by atoms with Crippen molar-refractivity contribution < 1.29 is 13.2 Å². The summed E-state index contributed by atoms with van der Waals surface area (Å²) in [5.41, 5.74) is 0. The zero-order valence-electron chi connectivity index (χ0n) is 13.3. The Balaban J connectivity index is 2.03. The third-order valence-electron chi connectivity index (χ3n) is 4.13. The summed E-state index contributed by atoms with van der Waals surface area (Å²) in [6, 6.07) is 6.08. The van der Waals surface area contributed by atoms with Gasteiger partial charge in [0.25, 0.3) is 0 Å². The summed E-state index contributed by atoms with van der Waals surface area (Å²) in [6.07, 6.45) is 1.77. The number of nitrogens with zero attached hydrogens (tertiary/aromatic N) is 2. The number of carbonyl (C=O) groups excluding carboxylic acids is 1. The molecule has 1 aromatic carbocycles. The van der Waals surface area contributed by atoms with Crippen LogP contribution >= 0.6 is 11.6 Å². The van der Waals surface area contributed by atoms with Gasteiger partial charge in [-0.3, -0.25) is 4.79 Å². The van der Waals surface area contributed by atoms with Gasteiger partial charge in [0.15, 0.2) is 0 Å². The van der Waals surface area contributed by atoms with Gasteiger partial charge in [0.05, 0.1) is 11.4 Å². The Morgan fingerprint density at radius 1 is 1.22 bits per heavy atom. The molecule has 1 aliphatic rings. The lowest BCUT2D eigenvalue weighted by Crippen LogP contribution is -2.47. The molecule has 0 aliphatic carbocycles. The largest absolute Gasteiger partial charge is 0.342 e. The molecule has 1 heterocycles. The highest BCUT2D eigenvalue weighted by atomic mass is 35.5. The van der Waals surface area contributed by atoms with E-state index in [2.05, 4.69) is 5.32 Å². The number of nitrogens with one attached hydrogen (secondary N) is 1. The van der Waals surface area contributed by atoms with E-state index in [9.17, 15) is 13.2 Å². The van der Waals surface area contributed by atoms with Crippen LogP contribution in [0.25, 0.3) is 0 Å². The molecule has 1 N–H and O–H groups in total. The summed E-state index contributed by atoms with van der Waals surface area (Å²) >= 11 is 5.78. The number of benzene rings is 1. The smallest absolute Gasteiger partial charge is 0.243 e. The summed E-state index contributed by atoms with van der Waals surface area (Å²) < 4.78 is 26.0. The highest BCUT2D eigenvalue weighted by molar-refractivity contribution is 7.89. The first-order valence-electron chi connectivity index (χ1n) is 7.50. The van der Waals surface area contributed by atoms with Gasteiger partial charge < -0.3 is 10.2 Å². The number of likely N-dealkylation sites (N-methyl/N-ethyl adjacent to an activating group) is 2. The normalized spacial score (nSPS) is 16.5. The monoisotopic (exact) mass is 359 g/mol. The fourth-order valence-electron chi connectivity index (χ4n) is 2.57. The number of sulfonamides is 1. The van der Waals surface area contributed by atoms with E-state index in [-0.39, 0.29) is 23.4 Å². The average molecular weight is 360 g/mol. The lowest BCUT2D eigenvalue weighted by atomic mass is 10.1. The van der Waals surface area contributed by atoms with Crippen molar-refractivity contribution in [1.29, 1.82) is 0 Å². The van der Waals surface area contributed by atoms with Crippen molar-refractivity contribution in [3.8, 4) is 0 Å². The Hall–Kier alpha value is -1.15. The summed E-state index contributed by atoms with van der Waals surface area (Å²) in [6.45, 7) is 1.58. The quantitative estimate of drug-likeness (QED) is 0.856.